The third-order valence-corrected chi connectivity index (χ3v) is 4.24. The van der Waals surface area contributed by atoms with Crippen molar-refractivity contribution in [1.82, 2.24) is 4.98 Å². The lowest BCUT2D eigenvalue weighted by atomic mass is 10.1. The second kappa shape index (κ2) is 6.09. The van der Waals surface area contributed by atoms with Crippen LogP contribution < -0.4 is 5.32 Å². The van der Waals surface area contributed by atoms with Gasteiger partial charge in [-0.05, 0) is 18.9 Å². The molecule has 0 fully saturated rings. The van der Waals surface area contributed by atoms with Crippen molar-refractivity contribution < 1.29 is 19.1 Å². The highest BCUT2D eigenvalue weighted by Gasteiger charge is 2.24. The lowest BCUT2D eigenvalue weighted by Crippen LogP contribution is -2.15. The number of hydrogen-bond donors (Lipinski definition) is 2. The van der Waals surface area contributed by atoms with E-state index in [2.05, 4.69) is 10.3 Å². The molecule has 0 saturated carbocycles. The first-order valence-corrected chi connectivity index (χ1v) is 7.40. The van der Waals surface area contributed by atoms with Gasteiger partial charge in [0, 0.05) is 11.3 Å². The molecule has 0 bridgehead atoms. The molecule has 0 radical (unpaired) electrons. The molecule has 21 heavy (non-hydrogen) atoms. The Bertz CT molecular complexity index is 687. The predicted octanol–water partition coefficient (Wildman–Crippen LogP) is 3.12. The average molecular weight is 308 g/mol. The van der Waals surface area contributed by atoms with Crippen LogP contribution in [0.2, 0.25) is 0 Å². The van der Waals surface area contributed by atoms with Gasteiger partial charge in [0.05, 0.1) is 5.56 Å². The van der Waals surface area contributed by atoms with Crippen molar-refractivity contribution >= 4 is 28.2 Å². The number of aromatic nitrogens is 1. The van der Waals surface area contributed by atoms with Gasteiger partial charge < -0.3 is 14.8 Å². The van der Waals surface area contributed by atoms with Gasteiger partial charge >= 0.3 is 5.97 Å². The summed E-state index contributed by atoms with van der Waals surface area (Å²) < 4.78 is 5.12. The zero-order valence-electron chi connectivity index (χ0n) is 12.0. The lowest BCUT2D eigenvalue weighted by Gasteiger charge is -2.04. The van der Waals surface area contributed by atoms with Gasteiger partial charge in [0.1, 0.15) is 10.8 Å². The van der Waals surface area contributed by atoms with Crippen molar-refractivity contribution in [2.24, 2.45) is 0 Å². The molecule has 1 amide bonds. The number of oxazole rings is 1. The molecule has 2 aromatic rings. The Labute approximate surface area is 125 Å². The van der Waals surface area contributed by atoms with Crippen LogP contribution in [0.15, 0.2) is 10.8 Å². The standard InChI is InChI=1S/C14H16N2O4S/c1-4-8-7(3)21-13(10(8)14(18)19)16-12(17)11-9(5-2)20-6-15-11/h6H,4-5H2,1-3H3,(H,16,17)(H,18,19). The number of thiophene rings is 1. The quantitative estimate of drug-likeness (QED) is 0.885. The van der Waals surface area contributed by atoms with Gasteiger partial charge in [-0.25, -0.2) is 9.78 Å². The summed E-state index contributed by atoms with van der Waals surface area (Å²) in [7, 11) is 0. The number of carboxylic acids is 1. The van der Waals surface area contributed by atoms with E-state index in [0.717, 1.165) is 10.4 Å². The molecule has 0 atom stereocenters. The predicted molar refractivity (Wildman–Crippen MR) is 79.2 cm³/mol. The van der Waals surface area contributed by atoms with Gasteiger partial charge in [0.15, 0.2) is 12.1 Å². The summed E-state index contributed by atoms with van der Waals surface area (Å²) in [5.74, 6) is -1.01. The number of carbonyl (C=O) groups is 2. The van der Waals surface area contributed by atoms with Gasteiger partial charge in [-0.3, -0.25) is 4.79 Å². The third-order valence-electron chi connectivity index (χ3n) is 3.18. The molecule has 0 unspecified atom stereocenters. The summed E-state index contributed by atoms with van der Waals surface area (Å²) in [5.41, 5.74) is 1.10. The minimum Gasteiger partial charge on any atom is -0.478 e. The third kappa shape index (κ3) is 2.82. The molecule has 0 aromatic carbocycles. The normalized spacial score (nSPS) is 10.6. The zero-order chi connectivity index (χ0) is 15.6. The SMILES string of the molecule is CCc1ocnc1C(=O)Nc1sc(C)c(CC)c1C(=O)O. The fourth-order valence-corrected chi connectivity index (χ4v) is 3.32. The number of carbonyl (C=O) groups excluding carboxylic acids is 1. The Morgan fingerprint density at radius 1 is 1.38 bits per heavy atom. The molecule has 0 spiro atoms. The van der Waals surface area contributed by atoms with Gasteiger partial charge in [-0.1, -0.05) is 13.8 Å². The van der Waals surface area contributed by atoms with Crippen LogP contribution >= 0.6 is 11.3 Å². The fourth-order valence-electron chi connectivity index (χ4n) is 2.19. The smallest absolute Gasteiger partial charge is 0.339 e. The monoisotopic (exact) mass is 308 g/mol. The van der Waals surface area contributed by atoms with Crippen molar-refractivity contribution in [1.29, 1.82) is 0 Å². The summed E-state index contributed by atoms with van der Waals surface area (Å²) in [6.45, 7) is 5.59. The first kappa shape index (κ1) is 15.2. The van der Waals surface area contributed by atoms with E-state index in [1.54, 1.807) is 0 Å². The van der Waals surface area contributed by atoms with Crippen LogP contribution in [-0.4, -0.2) is 22.0 Å². The van der Waals surface area contributed by atoms with E-state index in [1.807, 2.05) is 20.8 Å². The minimum absolute atomic E-state index is 0.162. The van der Waals surface area contributed by atoms with Gasteiger partial charge in [0.2, 0.25) is 0 Å². The van der Waals surface area contributed by atoms with E-state index in [-0.39, 0.29) is 11.3 Å². The maximum Gasteiger partial charge on any atom is 0.339 e. The number of rotatable bonds is 5. The topological polar surface area (TPSA) is 92.4 Å². The summed E-state index contributed by atoms with van der Waals surface area (Å²) in [6.07, 6.45) is 2.35. The van der Waals surface area contributed by atoms with Crippen LogP contribution in [0.25, 0.3) is 0 Å². The second-order valence-corrected chi connectivity index (χ2v) is 5.66. The molecular weight excluding hydrogens is 292 g/mol. The largest absolute Gasteiger partial charge is 0.478 e. The van der Waals surface area contributed by atoms with Crippen LogP contribution in [0.4, 0.5) is 5.00 Å². The van der Waals surface area contributed by atoms with Gasteiger partial charge in [-0.15, -0.1) is 11.3 Å². The van der Waals surface area contributed by atoms with Crippen LogP contribution in [0, 0.1) is 6.92 Å². The van der Waals surface area contributed by atoms with Crippen LogP contribution in [0.1, 0.15) is 50.9 Å². The maximum atomic E-state index is 12.2. The highest BCUT2D eigenvalue weighted by Crippen LogP contribution is 2.33. The highest BCUT2D eigenvalue weighted by molar-refractivity contribution is 7.16. The number of nitrogens with one attached hydrogen (secondary N) is 1. The minimum atomic E-state index is -1.04. The van der Waals surface area contributed by atoms with E-state index >= 15 is 0 Å². The fraction of sp³-hybridized carbons (Fsp3) is 0.357. The molecule has 0 aliphatic carbocycles. The number of aromatic carboxylic acids is 1. The van der Waals surface area contributed by atoms with Crippen molar-refractivity contribution in [3.63, 3.8) is 0 Å². The second-order valence-electron chi connectivity index (χ2n) is 4.43. The average Bonchev–Trinajstić information content (AvgIpc) is 3.02. The summed E-state index contributed by atoms with van der Waals surface area (Å²) in [6, 6.07) is 0. The Kier molecular flexibility index (Phi) is 4.42. The van der Waals surface area contributed by atoms with Crippen molar-refractivity contribution in [3.8, 4) is 0 Å². The lowest BCUT2D eigenvalue weighted by molar-refractivity contribution is 0.0697. The van der Waals surface area contributed by atoms with Gasteiger partial charge in [-0.2, -0.15) is 0 Å². The molecular formula is C14H16N2O4S. The molecule has 2 N–H and O–H groups in total. The molecule has 0 aliphatic heterocycles. The van der Waals surface area contributed by atoms with E-state index in [4.69, 9.17) is 4.42 Å². The van der Waals surface area contributed by atoms with E-state index in [0.29, 0.717) is 23.6 Å². The summed E-state index contributed by atoms with van der Waals surface area (Å²) in [4.78, 5) is 28.4. The van der Waals surface area contributed by atoms with Crippen LogP contribution in [-0.2, 0) is 12.8 Å². The van der Waals surface area contributed by atoms with Crippen LogP contribution in [0.3, 0.4) is 0 Å². The molecule has 0 aliphatic rings. The van der Waals surface area contributed by atoms with Crippen molar-refractivity contribution in [2.45, 2.75) is 33.6 Å². The number of carboxylic acid groups (broad SMARTS) is 1. The summed E-state index contributed by atoms with van der Waals surface area (Å²) in [5, 5.41) is 12.3. The molecule has 2 rings (SSSR count). The maximum absolute atomic E-state index is 12.2. The van der Waals surface area contributed by atoms with E-state index in [9.17, 15) is 14.7 Å². The Morgan fingerprint density at radius 2 is 2.10 bits per heavy atom. The van der Waals surface area contributed by atoms with E-state index < -0.39 is 11.9 Å². The first-order valence-electron chi connectivity index (χ1n) is 6.58. The molecule has 2 heterocycles. The molecule has 2 aromatic heterocycles. The number of hydrogen-bond acceptors (Lipinski definition) is 5. The molecule has 7 heteroatoms. The molecule has 112 valence electrons. The van der Waals surface area contributed by atoms with Gasteiger partial charge in [0.25, 0.3) is 5.91 Å². The van der Waals surface area contributed by atoms with Crippen LogP contribution in [0.5, 0.6) is 0 Å². The molecule has 0 saturated heterocycles. The number of aryl methyl sites for hydroxylation is 2. The highest BCUT2D eigenvalue weighted by atomic mass is 32.1. The zero-order valence-corrected chi connectivity index (χ0v) is 12.8. The Balaban J connectivity index is 2.36. The number of nitrogens with zero attached hydrogens (tertiary/aromatic N) is 1. The van der Waals surface area contributed by atoms with Crippen molar-refractivity contribution in [2.75, 3.05) is 5.32 Å². The first-order chi connectivity index (χ1) is 9.99. The summed E-state index contributed by atoms with van der Waals surface area (Å²) >= 11 is 1.26. The Hall–Kier alpha value is -2.15. The Morgan fingerprint density at radius 3 is 2.67 bits per heavy atom. The van der Waals surface area contributed by atoms with Crippen molar-refractivity contribution in [3.05, 3.63) is 33.9 Å². The van der Waals surface area contributed by atoms with E-state index in [1.165, 1.54) is 17.7 Å². The molecule has 6 nitrogen and oxygen atoms in total. The number of amides is 1. The number of anilines is 1.